The Hall–Kier alpha value is -8.01. The number of hydrogen-bond acceptors (Lipinski definition) is 3. The van der Waals surface area contributed by atoms with Crippen LogP contribution in [0.2, 0.25) is 0 Å². The van der Waals surface area contributed by atoms with Crippen LogP contribution in [0.5, 0.6) is 0 Å². The molecule has 318 valence electrons. The molecule has 0 unspecified atom stereocenters. The minimum atomic E-state index is 0.932. The van der Waals surface area contributed by atoms with Crippen molar-refractivity contribution in [1.82, 2.24) is 15.0 Å². The molecule has 0 aliphatic rings. The van der Waals surface area contributed by atoms with Crippen molar-refractivity contribution in [3.05, 3.63) is 258 Å². The molecule has 3 nitrogen and oxygen atoms in total. The van der Waals surface area contributed by atoms with Gasteiger partial charge < -0.3 is 0 Å². The van der Waals surface area contributed by atoms with Crippen molar-refractivity contribution in [2.24, 2.45) is 0 Å². The third-order valence-corrected chi connectivity index (χ3v) is 12.6. The fourth-order valence-electron chi connectivity index (χ4n) is 8.90. The Balaban J connectivity index is 1.00. The Morgan fingerprint density at radius 1 is 0.273 bits per heavy atom. The van der Waals surface area contributed by atoms with Crippen LogP contribution in [0.25, 0.3) is 78.3 Å². The first-order chi connectivity index (χ1) is 32.5. The van der Waals surface area contributed by atoms with Crippen LogP contribution >= 0.6 is 0 Å². The second kappa shape index (κ2) is 19.4. The highest BCUT2D eigenvalue weighted by molar-refractivity contribution is 5.93. The van der Waals surface area contributed by atoms with E-state index in [2.05, 4.69) is 224 Å². The number of benzene rings is 7. The molecule has 0 atom stereocenters. The van der Waals surface area contributed by atoms with Crippen LogP contribution in [-0.2, 0) is 25.7 Å². The third kappa shape index (κ3) is 9.72. The van der Waals surface area contributed by atoms with E-state index < -0.39 is 0 Å². The maximum Gasteiger partial charge on any atom is 0.0702 e. The summed E-state index contributed by atoms with van der Waals surface area (Å²) in [6.07, 6.45) is 9.49. The molecule has 0 saturated carbocycles. The Morgan fingerprint density at radius 3 is 1.30 bits per heavy atom. The zero-order valence-corrected chi connectivity index (χ0v) is 37.5. The van der Waals surface area contributed by atoms with Crippen molar-refractivity contribution in [2.75, 3.05) is 0 Å². The van der Waals surface area contributed by atoms with Gasteiger partial charge in [-0.05, 0) is 148 Å². The summed E-state index contributed by atoms with van der Waals surface area (Å²) in [4.78, 5) is 14.1. The van der Waals surface area contributed by atoms with Gasteiger partial charge in [0.15, 0.2) is 0 Å². The van der Waals surface area contributed by atoms with Crippen LogP contribution in [0, 0.1) is 13.8 Å². The lowest BCUT2D eigenvalue weighted by molar-refractivity contribution is 0.931. The molecule has 0 spiro atoms. The minimum absolute atomic E-state index is 0.932. The molecular formula is C63H51N3. The molecule has 3 aromatic heterocycles. The van der Waals surface area contributed by atoms with E-state index in [0.29, 0.717) is 0 Å². The molecule has 7 aromatic carbocycles. The van der Waals surface area contributed by atoms with Crippen molar-refractivity contribution < 1.29 is 0 Å². The number of aryl methyl sites for hydroxylation is 6. The van der Waals surface area contributed by atoms with Gasteiger partial charge in [0.05, 0.1) is 17.1 Å². The highest BCUT2D eigenvalue weighted by atomic mass is 14.7. The van der Waals surface area contributed by atoms with Gasteiger partial charge >= 0.3 is 0 Å². The van der Waals surface area contributed by atoms with Gasteiger partial charge in [0.2, 0.25) is 0 Å². The van der Waals surface area contributed by atoms with E-state index in [0.717, 1.165) is 59.5 Å². The molecule has 3 heterocycles. The topological polar surface area (TPSA) is 38.7 Å². The van der Waals surface area contributed by atoms with Gasteiger partial charge in [-0.3, -0.25) is 15.0 Å². The normalized spacial score (nSPS) is 11.1. The lowest BCUT2D eigenvalue weighted by Crippen LogP contribution is -1.98. The number of hydrogen-bond donors (Lipinski definition) is 0. The second-order valence-corrected chi connectivity index (χ2v) is 17.3. The van der Waals surface area contributed by atoms with E-state index >= 15 is 0 Å². The summed E-state index contributed by atoms with van der Waals surface area (Å²) in [7, 11) is 0. The van der Waals surface area contributed by atoms with Gasteiger partial charge in [-0.2, -0.15) is 0 Å². The number of rotatable bonds is 13. The SMILES string of the molecule is Cc1ccc(-c2ccc(CCc3cc(CCc4ccc(-c5ccc(C)cn5)cc4)cc(-c4ccccc4-c4ccc(-c5ccccn5)cc4-c4ccc(-c5ccccc5)cc4)c3)cc2)nc1. The summed E-state index contributed by atoms with van der Waals surface area (Å²) in [6, 6.07) is 75.1. The van der Waals surface area contributed by atoms with Gasteiger partial charge in [-0.1, -0.05) is 176 Å². The van der Waals surface area contributed by atoms with Crippen LogP contribution in [0.1, 0.15) is 33.4 Å². The highest BCUT2D eigenvalue weighted by Crippen LogP contribution is 2.41. The minimum Gasteiger partial charge on any atom is -0.256 e. The molecule has 10 rings (SSSR count). The van der Waals surface area contributed by atoms with Gasteiger partial charge in [-0.15, -0.1) is 0 Å². The molecule has 0 aliphatic heterocycles. The molecule has 66 heavy (non-hydrogen) atoms. The average molecular weight is 850 g/mol. The highest BCUT2D eigenvalue weighted by Gasteiger charge is 2.16. The van der Waals surface area contributed by atoms with Crippen LogP contribution in [0.15, 0.2) is 225 Å². The predicted octanol–water partition coefficient (Wildman–Crippen LogP) is 15.7. The summed E-state index contributed by atoms with van der Waals surface area (Å²) in [5.41, 5.74) is 23.6. The van der Waals surface area contributed by atoms with Crippen molar-refractivity contribution in [2.45, 2.75) is 39.5 Å². The first-order valence-corrected chi connectivity index (χ1v) is 23.0. The lowest BCUT2D eigenvalue weighted by atomic mass is 9.86. The summed E-state index contributed by atoms with van der Waals surface area (Å²) >= 11 is 0. The molecule has 0 N–H and O–H groups in total. The summed E-state index contributed by atoms with van der Waals surface area (Å²) < 4.78 is 0. The first kappa shape index (κ1) is 42.0. The predicted molar refractivity (Wildman–Crippen MR) is 275 cm³/mol. The molecule has 0 saturated heterocycles. The summed E-state index contributed by atoms with van der Waals surface area (Å²) in [6.45, 7) is 4.15. The Kier molecular flexibility index (Phi) is 12.3. The van der Waals surface area contributed by atoms with Crippen LogP contribution in [0.3, 0.4) is 0 Å². The number of pyridine rings is 3. The zero-order chi connectivity index (χ0) is 44.7. The Bertz CT molecular complexity index is 3080. The van der Waals surface area contributed by atoms with Crippen LogP contribution in [0.4, 0.5) is 0 Å². The van der Waals surface area contributed by atoms with Gasteiger partial charge in [-0.25, -0.2) is 0 Å². The molecule has 0 aliphatic carbocycles. The lowest BCUT2D eigenvalue weighted by Gasteiger charge is -2.18. The van der Waals surface area contributed by atoms with E-state index in [-0.39, 0.29) is 0 Å². The van der Waals surface area contributed by atoms with Crippen LogP contribution in [-0.4, -0.2) is 15.0 Å². The average Bonchev–Trinajstić information content (AvgIpc) is 3.38. The molecular weight excluding hydrogens is 799 g/mol. The van der Waals surface area contributed by atoms with Crippen molar-refractivity contribution in [3.63, 3.8) is 0 Å². The van der Waals surface area contributed by atoms with E-state index in [9.17, 15) is 0 Å². The van der Waals surface area contributed by atoms with Crippen molar-refractivity contribution in [1.29, 1.82) is 0 Å². The fourth-order valence-corrected chi connectivity index (χ4v) is 8.90. The molecule has 0 fully saturated rings. The van der Waals surface area contributed by atoms with E-state index in [1.807, 2.05) is 24.7 Å². The smallest absolute Gasteiger partial charge is 0.0702 e. The third-order valence-electron chi connectivity index (χ3n) is 12.6. The Labute approximate surface area is 389 Å². The molecule has 10 aromatic rings. The van der Waals surface area contributed by atoms with Crippen molar-refractivity contribution in [3.8, 4) is 78.3 Å². The monoisotopic (exact) mass is 849 g/mol. The number of aromatic nitrogens is 3. The molecule has 0 radical (unpaired) electrons. The van der Waals surface area contributed by atoms with Crippen molar-refractivity contribution >= 4 is 0 Å². The van der Waals surface area contributed by atoms with E-state index in [1.54, 1.807) is 0 Å². The van der Waals surface area contributed by atoms with Crippen LogP contribution < -0.4 is 0 Å². The quantitative estimate of drug-likeness (QED) is 0.116. The zero-order valence-electron chi connectivity index (χ0n) is 37.5. The Morgan fingerprint density at radius 2 is 0.742 bits per heavy atom. The standard InChI is InChI=1S/C63H51N3/c1-44-15-35-62(65-42-44)53-25-21-46(22-26-53)17-19-48-38-49(20-18-47-23-27-54(28-24-47)63-36-16-45(2)43-66-63)40-56(39-48)57-12-6-7-13-58(57)59-34-33-55(61-14-8-9-37-64-61)41-60(59)52-31-29-51(30-32-52)50-10-4-3-5-11-50/h3-16,21-43H,17-20H2,1-2H3. The molecule has 3 heteroatoms. The maximum atomic E-state index is 4.74. The number of nitrogens with zero attached hydrogens (tertiary/aromatic N) is 3. The van der Waals surface area contributed by atoms with Gasteiger partial charge in [0, 0.05) is 35.3 Å². The molecule has 0 amide bonds. The first-order valence-electron chi connectivity index (χ1n) is 23.0. The molecule has 0 bridgehead atoms. The maximum absolute atomic E-state index is 4.74. The summed E-state index contributed by atoms with van der Waals surface area (Å²) in [5, 5.41) is 0. The largest absolute Gasteiger partial charge is 0.256 e. The van der Waals surface area contributed by atoms with E-state index in [4.69, 9.17) is 4.98 Å². The van der Waals surface area contributed by atoms with E-state index in [1.165, 1.54) is 77.9 Å². The fraction of sp³-hybridized carbons (Fsp3) is 0.0952. The van der Waals surface area contributed by atoms with Gasteiger partial charge in [0.1, 0.15) is 0 Å². The summed E-state index contributed by atoms with van der Waals surface area (Å²) in [5.74, 6) is 0. The second-order valence-electron chi connectivity index (χ2n) is 17.3. The van der Waals surface area contributed by atoms with Gasteiger partial charge in [0.25, 0.3) is 0 Å².